The molecule has 1 saturated heterocycles. The van der Waals surface area contributed by atoms with E-state index in [1.165, 1.54) is 12.1 Å². The van der Waals surface area contributed by atoms with Crippen LogP contribution in [0.2, 0.25) is 0 Å². The highest BCUT2D eigenvalue weighted by Gasteiger charge is 2.21. The Balaban J connectivity index is 2.33. The van der Waals surface area contributed by atoms with E-state index in [1.807, 2.05) is 0 Å². The lowest BCUT2D eigenvalue weighted by molar-refractivity contribution is 0.0765. The van der Waals surface area contributed by atoms with Gasteiger partial charge in [-0.25, -0.2) is 8.42 Å². The van der Waals surface area contributed by atoms with Crippen LogP contribution in [-0.2, 0) is 9.84 Å². The number of nitrogens with one attached hydrogen (secondary N) is 1. The molecule has 0 spiro atoms. The molecule has 1 aliphatic heterocycles. The number of halogens is 1. The maximum atomic E-state index is 12.5. The normalized spacial score (nSPS) is 16.8. The van der Waals surface area contributed by atoms with Gasteiger partial charge in [0.05, 0.1) is 10.5 Å². The van der Waals surface area contributed by atoms with E-state index in [0.717, 1.165) is 25.8 Å². The number of carbonyl (C=O) groups excluding carboxylic acids is 1. The van der Waals surface area contributed by atoms with Gasteiger partial charge >= 0.3 is 0 Å². The minimum atomic E-state index is -3.32. The molecule has 2 rings (SSSR count). The highest BCUT2D eigenvalue weighted by Crippen LogP contribution is 2.22. The van der Waals surface area contributed by atoms with Crippen molar-refractivity contribution < 1.29 is 13.2 Å². The zero-order valence-electron chi connectivity index (χ0n) is 11.2. The molecule has 0 unspecified atom stereocenters. The van der Waals surface area contributed by atoms with Crippen molar-refractivity contribution in [2.45, 2.75) is 11.3 Å². The molecular formula is C13H17BrN2O3S. The quantitative estimate of drug-likeness (QED) is 0.862. The van der Waals surface area contributed by atoms with Gasteiger partial charge in [0.2, 0.25) is 0 Å². The van der Waals surface area contributed by atoms with E-state index in [0.29, 0.717) is 23.1 Å². The molecule has 0 aromatic heterocycles. The Bertz CT molecular complexity index is 608. The van der Waals surface area contributed by atoms with Gasteiger partial charge in [-0.2, -0.15) is 0 Å². The number of sulfone groups is 1. The van der Waals surface area contributed by atoms with Gasteiger partial charge in [0.25, 0.3) is 5.91 Å². The summed E-state index contributed by atoms with van der Waals surface area (Å²) in [5.41, 5.74) is 0.398. The minimum Gasteiger partial charge on any atom is -0.337 e. The van der Waals surface area contributed by atoms with Crippen molar-refractivity contribution in [3.05, 3.63) is 28.2 Å². The number of benzene rings is 1. The average Bonchev–Trinajstić information content (AvgIpc) is 2.66. The molecule has 0 radical (unpaired) electrons. The molecular weight excluding hydrogens is 344 g/mol. The highest BCUT2D eigenvalue weighted by atomic mass is 79.9. The van der Waals surface area contributed by atoms with Crippen LogP contribution in [-0.4, -0.2) is 51.7 Å². The summed E-state index contributed by atoms with van der Waals surface area (Å²) in [6.45, 7) is 2.97. The summed E-state index contributed by atoms with van der Waals surface area (Å²) >= 11 is 3.33. The Morgan fingerprint density at radius 2 is 2.05 bits per heavy atom. The largest absolute Gasteiger partial charge is 0.337 e. The second-order valence-corrected chi connectivity index (χ2v) is 7.68. The Morgan fingerprint density at radius 1 is 1.30 bits per heavy atom. The minimum absolute atomic E-state index is 0.133. The monoisotopic (exact) mass is 360 g/mol. The molecule has 0 aliphatic carbocycles. The molecule has 1 N–H and O–H groups in total. The fourth-order valence-electron chi connectivity index (χ4n) is 2.12. The van der Waals surface area contributed by atoms with Crippen LogP contribution in [0.4, 0.5) is 0 Å². The van der Waals surface area contributed by atoms with Crippen LogP contribution in [0.15, 0.2) is 27.6 Å². The van der Waals surface area contributed by atoms with Crippen LogP contribution < -0.4 is 5.32 Å². The van der Waals surface area contributed by atoms with E-state index in [9.17, 15) is 13.2 Å². The van der Waals surface area contributed by atoms with Crippen molar-refractivity contribution in [1.29, 1.82) is 0 Å². The standard InChI is InChI=1S/C13H17BrN2O3S/c1-20(18,19)10-3-4-12(14)11(9-10)13(17)16-7-2-5-15-6-8-16/h3-4,9,15H,2,5-8H2,1H3. The lowest BCUT2D eigenvalue weighted by atomic mass is 10.2. The molecule has 1 amide bonds. The van der Waals surface area contributed by atoms with Crippen molar-refractivity contribution in [2.24, 2.45) is 0 Å². The first kappa shape index (κ1) is 15.5. The van der Waals surface area contributed by atoms with Gasteiger partial charge in [-0.05, 0) is 47.1 Å². The molecule has 20 heavy (non-hydrogen) atoms. The van der Waals surface area contributed by atoms with E-state index in [4.69, 9.17) is 0 Å². The third-order valence-electron chi connectivity index (χ3n) is 3.22. The van der Waals surface area contributed by atoms with Crippen LogP contribution in [0.1, 0.15) is 16.8 Å². The SMILES string of the molecule is CS(=O)(=O)c1ccc(Br)c(C(=O)N2CCCNCC2)c1. The predicted octanol–water partition coefficient (Wildman–Crippen LogP) is 1.29. The average molecular weight is 361 g/mol. The summed E-state index contributed by atoms with van der Waals surface area (Å²) in [4.78, 5) is 14.4. The molecule has 1 aliphatic rings. The number of hydrogen-bond donors (Lipinski definition) is 1. The van der Waals surface area contributed by atoms with Gasteiger partial charge in [-0.3, -0.25) is 4.79 Å². The summed E-state index contributed by atoms with van der Waals surface area (Å²) in [5, 5.41) is 3.23. The van der Waals surface area contributed by atoms with Crippen LogP contribution in [0.25, 0.3) is 0 Å². The molecule has 0 saturated carbocycles. The Kier molecular flexibility index (Phi) is 4.82. The van der Waals surface area contributed by atoms with Crippen LogP contribution in [0.5, 0.6) is 0 Å². The van der Waals surface area contributed by atoms with Gasteiger partial charge in [-0.1, -0.05) is 0 Å². The highest BCUT2D eigenvalue weighted by molar-refractivity contribution is 9.10. The van der Waals surface area contributed by atoms with E-state index >= 15 is 0 Å². The molecule has 0 bridgehead atoms. The van der Waals surface area contributed by atoms with Crippen LogP contribution in [0.3, 0.4) is 0 Å². The zero-order chi connectivity index (χ0) is 14.8. The fraction of sp³-hybridized carbons (Fsp3) is 0.462. The Labute approximate surface area is 127 Å². The first-order chi connectivity index (χ1) is 9.39. The molecule has 1 aromatic rings. The van der Waals surface area contributed by atoms with Crippen molar-refractivity contribution in [2.75, 3.05) is 32.4 Å². The van der Waals surface area contributed by atoms with Gasteiger partial charge < -0.3 is 10.2 Å². The maximum Gasteiger partial charge on any atom is 0.255 e. The lowest BCUT2D eigenvalue weighted by Gasteiger charge is -2.21. The summed E-state index contributed by atoms with van der Waals surface area (Å²) < 4.78 is 23.8. The third kappa shape index (κ3) is 3.59. The van der Waals surface area contributed by atoms with Crippen LogP contribution >= 0.6 is 15.9 Å². The number of carbonyl (C=O) groups is 1. The first-order valence-corrected chi connectivity index (χ1v) is 9.07. The summed E-state index contributed by atoms with van der Waals surface area (Å²) in [6, 6.07) is 4.56. The molecule has 7 heteroatoms. The molecule has 0 atom stereocenters. The van der Waals surface area contributed by atoms with Gasteiger partial charge in [0.15, 0.2) is 9.84 Å². The van der Waals surface area contributed by atoms with E-state index in [1.54, 1.807) is 11.0 Å². The van der Waals surface area contributed by atoms with Gasteiger partial charge in [0.1, 0.15) is 0 Å². The van der Waals surface area contributed by atoms with E-state index < -0.39 is 9.84 Å². The Morgan fingerprint density at radius 3 is 2.75 bits per heavy atom. The maximum absolute atomic E-state index is 12.5. The summed E-state index contributed by atoms with van der Waals surface area (Å²) in [5.74, 6) is -0.133. The molecule has 1 fully saturated rings. The van der Waals surface area contributed by atoms with E-state index in [-0.39, 0.29) is 10.8 Å². The van der Waals surface area contributed by atoms with Crippen LogP contribution in [0, 0.1) is 0 Å². The van der Waals surface area contributed by atoms with E-state index in [2.05, 4.69) is 21.2 Å². The second-order valence-electron chi connectivity index (χ2n) is 4.81. The van der Waals surface area contributed by atoms with Gasteiger partial charge in [-0.15, -0.1) is 0 Å². The van der Waals surface area contributed by atoms with Gasteiger partial charge in [0, 0.05) is 30.4 Å². The number of rotatable bonds is 2. The summed E-state index contributed by atoms with van der Waals surface area (Å²) in [6.07, 6.45) is 2.04. The molecule has 1 aromatic carbocycles. The smallest absolute Gasteiger partial charge is 0.255 e. The first-order valence-electron chi connectivity index (χ1n) is 6.39. The Hall–Kier alpha value is -0.920. The molecule has 1 heterocycles. The molecule has 5 nitrogen and oxygen atoms in total. The lowest BCUT2D eigenvalue weighted by Crippen LogP contribution is -2.34. The molecule has 110 valence electrons. The predicted molar refractivity (Wildman–Crippen MR) is 80.6 cm³/mol. The number of nitrogens with zero attached hydrogens (tertiary/aromatic N) is 1. The fourth-order valence-corrected chi connectivity index (χ4v) is 3.18. The second kappa shape index (κ2) is 6.24. The number of hydrogen-bond acceptors (Lipinski definition) is 4. The van der Waals surface area contributed by atoms with Crippen molar-refractivity contribution >= 4 is 31.7 Å². The number of amides is 1. The zero-order valence-corrected chi connectivity index (χ0v) is 13.6. The topological polar surface area (TPSA) is 66.5 Å². The van der Waals surface area contributed by atoms with Crippen molar-refractivity contribution in [1.82, 2.24) is 10.2 Å². The van der Waals surface area contributed by atoms with Crippen molar-refractivity contribution in [3.8, 4) is 0 Å². The third-order valence-corrected chi connectivity index (χ3v) is 5.03. The van der Waals surface area contributed by atoms with Crippen molar-refractivity contribution in [3.63, 3.8) is 0 Å². The summed E-state index contributed by atoms with van der Waals surface area (Å²) in [7, 11) is -3.32.